The molecule has 27 heavy (non-hydrogen) atoms. The normalized spacial score (nSPS) is 23.8. The van der Waals surface area contributed by atoms with Gasteiger partial charge in [0.05, 0.1) is 11.1 Å². The van der Waals surface area contributed by atoms with Gasteiger partial charge in [0.1, 0.15) is 17.7 Å². The number of hydrogen-bond donors (Lipinski definition) is 2. The zero-order valence-corrected chi connectivity index (χ0v) is 16.0. The number of nitrogens with zero attached hydrogens (tertiary/aromatic N) is 3. The van der Waals surface area contributed by atoms with Crippen LogP contribution < -0.4 is 5.32 Å². The van der Waals surface area contributed by atoms with Crippen molar-refractivity contribution in [3.63, 3.8) is 0 Å². The molecule has 3 rings (SSSR count). The van der Waals surface area contributed by atoms with Gasteiger partial charge >= 0.3 is 0 Å². The van der Waals surface area contributed by atoms with Crippen molar-refractivity contribution in [2.45, 2.75) is 58.1 Å². The van der Waals surface area contributed by atoms with Crippen LogP contribution in [0.5, 0.6) is 0 Å². The molecule has 1 aromatic carbocycles. The van der Waals surface area contributed by atoms with Gasteiger partial charge in [0, 0.05) is 18.4 Å². The zero-order valence-electron chi connectivity index (χ0n) is 16.0. The van der Waals surface area contributed by atoms with E-state index in [-0.39, 0.29) is 23.8 Å². The number of aliphatic hydroxyl groups excluding tert-OH is 1. The molecule has 1 saturated carbocycles. The Labute approximate surface area is 159 Å². The van der Waals surface area contributed by atoms with Gasteiger partial charge in [-0.3, -0.25) is 14.8 Å². The Hall–Kier alpha value is -2.52. The Balaban J connectivity index is 1.86. The molecule has 0 saturated heterocycles. The third-order valence-corrected chi connectivity index (χ3v) is 5.41. The van der Waals surface area contributed by atoms with Gasteiger partial charge in [-0.05, 0) is 48.6 Å². The van der Waals surface area contributed by atoms with Crippen molar-refractivity contribution in [2.75, 3.05) is 0 Å². The minimum Gasteiger partial charge on any atom is -0.383 e. The smallest absolute Gasteiger partial charge is 0.249 e. The van der Waals surface area contributed by atoms with E-state index in [4.69, 9.17) is 0 Å². The van der Waals surface area contributed by atoms with Crippen molar-refractivity contribution < 1.29 is 9.90 Å². The van der Waals surface area contributed by atoms with Crippen LogP contribution >= 0.6 is 0 Å². The third kappa shape index (κ3) is 4.09. The van der Waals surface area contributed by atoms with Crippen LogP contribution in [0.1, 0.15) is 57.1 Å². The summed E-state index contributed by atoms with van der Waals surface area (Å²) in [5.41, 5.74) is 3.00. The van der Waals surface area contributed by atoms with E-state index in [1.54, 1.807) is 12.4 Å². The molecule has 2 N–H and O–H groups in total. The Bertz CT molecular complexity index is 874. The van der Waals surface area contributed by atoms with E-state index < -0.39 is 6.10 Å². The molecule has 6 heteroatoms. The van der Waals surface area contributed by atoms with E-state index in [2.05, 4.69) is 28.3 Å². The molecule has 0 aliphatic heterocycles. The van der Waals surface area contributed by atoms with Crippen LogP contribution in [0.25, 0.3) is 11.0 Å². The largest absolute Gasteiger partial charge is 0.383 e. The maximum atomic E-state index is 12.3. The number of carbonyl (C=O) groups is 1. The summed E-state index contributed by atoms with van der Waals surface area (Å²) in [6, 6.07) is 5.97. The van der Waals surface area contributed by atoms with E-state index in [1.807, 2.05) is 26.0 Å². The maximum Gasteiger partial charge on any atom is 0.249 e. The first-order valence-corrected chi connectivity index (χ1v) is 9.52. The van der Waals surface area contributed by atoms with Crippen molar-refractivity contribution in [1.29, 1.82) is 5.26 Å². The predicted octanol–water partition coefficient (Wildman–Crippen LogP) is 2.91. The number of nitrogens with one attached hydrogen (secondary N) is 1. The molecule has 6 nitrogen and oxygen atoms in total. The van der Waals surface area contributed by atoms with E-state index in [1.165, 1.54) is 0 Å². The molecule has 4 atom stereocenters. The molecule has 0 unspecified atom stereocenters. The Morgan fingerprint density at radius 3 is 2.59 bits per heavy atom. The molecule has 0 spiro atoms. The van der Waals surface area contributed by atoms with Crippen LogP contribution in [0.4, 0.5) is 0 Å². The lowest BCUT2D eigenvalue weighted by atomic mass is 9.75. The van der Waals surface area contributed by atoms with E-state index in [0.717, 1.165) is 30.3 Å². The quantitative estimate of drug-likeness (QED) is 0.867. The minimum absolute atomic E-state index is 0.0158. The van der Waals surface area contributed by atoms with Crippen molar-refractivity contribution in [3.8, 4) is 6.07 Å². The second-order valence-corrected chi connectivity index (χ2v) is 7.97. The highest BCUT2D eigenvalue weighted by Gasteiger charge is 2.31. The van der Waals surface area contributed by atoms with Gasteiger partial charge in [-0.1, -0.05) is 26.8 Å². The van der Waals surface area contributed by atoms with Crippen LogP contribution in [0, 0.1) is 23.2 Å². The monoisotopic (exact) mass is 366 g/mol. The highest BCUT2D eigenvalue weighted by atomic mass is 16.3. The van der Waals surface area contributed by atoms with Gasteiger partial charge in [0.2, 0.25) is 5.91 Å². The summed E-state index contributed by atoms with van der Waals surface area (Å²) in [6.07, 6.45) is 4.95. The number of aliphatic hydroxyl groups is 1. The Kier molecular flexibility index (Phi) is 5.71. The first-order chi connectivity index (χ1) is 12.9. The summed E-state index contributed by atoms with van der Waals surface area (Å²) >= 11 is 0. The van der Waals surface area contributed by atoms with Gasteiger partial charge in [0.25, 0.3) is 0 Å². The first-order valence-electron chi connectivity index (χ1n) is 9.52. The SMILES string of the molecule is CC(C)[C@H](O)C(=O)N[C@@H]1C[C@H](C)C[C@H](c2ccc(C#N)c3nccnc23)C1. The number of amides is 1. The van der Waals surface area contributed by atoms with Crippen LogP contribution in [-0.4, -0.2) is 33.1 Å². The number of hydrogen-bond acceptors (Lipinski definition) is 5. The van der Waals surface area contributed by atoms with Crippen LogP contribution in [0.15, 0.2) is 24.5 Å². The Morgan fingerprint density at radius 1 is 1.22 bits per heavy atom. The van der Waals surface area contributed by atoms with Gasteiger partial charge in [0.15, 0.2) is 0 Å². The molecule has 1 amide bonds. The van der Waals surface area contributed by atoms with Crippen LogP contribution in [-0.2, 0) is 4.79 Å². The summed E-state index contributed by atoms with van der Waals surface area (Å²) < 4.78 is 0. The fourth-order valence-corrected chi connectivity index (χ4v) is 4.06. The molecule has 1 aliphatic rings. The van der Waals surface area contributed by atoms with E-state index in [9.17, 15) is 15.2 Å². The van der Waals surface area contributed by atoms with Crippen molar-refractivity contribution >= 4 is 16.9 Å². The summed E-state index contributed by atoms with van der Waals surface area (Å²) in [5, 5.41) is 22.4. The van der Waals surface area contributed by atoms with Gasteiger partial charge in [-0.2, -0.15) is 5.26 Å². The van der Waals surface area contributed by atoms with Gasteiger partial charge < -0.3 is 10.4 Å². The topological polar surface area (TPSA) is 98.9 Å². The zero-order chi connectivity index (χ0) is 19.6. The number of rotatable bonds is 4. The molecular weight excluding hydrogens is 340 g/mol. The number of fused-ring (bicyclic) bond motifs is 1. The second-order valence-electron chi connectivity index (χ2n) is 7.97. The average Bonchev–Trinajstić information content (AvgIpc) is 2.65. The molecular formula is C21H26N4O2. The highest BCUT2D eigenvalue weighted by molar-refractivity contribution is 5.84. The lowest BCUT2D eigenvalue weighted by Gasteiger charge is -2.35. The molecule has 142 valence electrons. The fourth-order valence-electron chi connectivity index (χ4n) is 4.06. The number of nitriles is 1. The number of aromatic nitrogens is 2. The molecule has 1 fully saturated rings. The average molecular weight is 366 g/mol. The maximum absolute atomic E-state index is 12.3. The van der Waals surface area contributed by atoms with Crippen molar-refractivity contribution in [3.05, 3.63) is 35.7 Å². The van der Waals surface area contributed by atoms with Crippen LogP contribution in [0.2, 0.25) is 0 Å². The number of carbonyl (C=O) groups excluding carboxylic acids is 1. The predicted molar refractivity (Wildman–Crippen MR) is 103 cm³/mol. The molecule has 0 bridgehead atoms. The van der Waals surface area contributed by atoms with Crippen LogP contribution in [0.3, 0.4) is 0 Å². The molecule has 1 aromatic heterocycles. The summed E-state index contributed by atoms with van der Waals surface area (Å²) in [4.78, 5) is 21.1. The minimum atomic E-state index is -0.984. The summed E-state index contributed by atoms with van der Waals surface area (Å²) in [6.45, 7) is 5.85. The lowest BCUT2D eigenvalue weighted by molar-refractivity contribution is -0.132. The first kappa shape index (κ1) is 19.2. The third-order valence-electron chi connectivity index (χ3n) is 5.41. The molecule has 1 heterocycles. The number of benzene rings is 1. The second kappa shape index (κ2) is 8.01. The summed E-state index contributed by atoms with van der Waals surface area (Å²) in [5.74, 6) is 0.252. The van der Waals surface area contributed by atoms with E-state index in [0.29, 0.717) is 17.0 Å². The van der Waals surface area contributed by atoms with Gasteiger partial charge in [-0.25, -0.2) is 0 Å². The van der Waals surface area contributed by atoms with Crippen molar-refractivity contribution in [2.24, 2.45) is 11.8 Å². The molecule has 2 aromatic rings. The highest BCUT2D eigenvalue weighted by Crippen LogP contribution is 2.38. The molecule has 1 aliphatic carbocycles. The lowest BCUT2D eigenvalue weighted by Crippen LogP contribution is -2.46. The Morgan fingerprint density at radius 2 is 1.93 bits per heavy atom. The van der Waals surface area contributed by atoms with E-state index >= 15 is 0 Å². The standard InChI is InChI=1S/C21H26N4O2/c1-12(2)20(26)21(27)25-16-9-13(3)8-15(10-16)17-5-4-14(11-22)18-19(17)24-7-6-23-18/h4-7,12-13,15-16,20,26H,8-10H2,1-3H3,(H,25,27)/t13-,15+,16-,20+/m1/s1. The van der Waals surface area contributed by atoms with Crippen molar-refractivity contribution in [1.82, 2.24) is 15.3 Å². The summed E-state index contributed by atoms with van der Waals surface area (Å²) in [7, 11) is 0. The van der Waals surface area contributed by atoms with Gasteiger partial charge in [-0.15, -0.1) is 0 Å². The molecule has 0 radical (unpaired) electrons. The fraction of sp³-hybridized carbons (Fsp3) is 0.524.